The van der Waals surface area contributed by atoms with Gasteiger partial charge in [-0.1, -0.05) is 54.3 Å². The lowest BCUT2D eigenvalue weighted by atomic mass is 10.1. The number of amides is 1. The highest BCUT2D eigenvalue weighted by molar-refractivity contribution is 5.67. The Morgan fingerprint density at radius 3 is 2.67 bits per heavy atom. The highest BCUT2D eigenvalue weighted by atomic mass is 16.5. The fourth-order valence-corrected chi connectivity index (χ4v) is 2.12. The summed E-state index contributed by atoms with van der Waals surface area (Å²) in [6.45, 7) is 2.69. The third-order valence-corrected chi connectivity index (χ3v) is 3.43. The summed E-state index contributed by atoms with van der Waals surface area (Å²) in [5, 5.41) is 11.8. The van der Waals surface area contributed by atoms with Crippen molar-refractivity contribution >= 4 is 6.09 Å². The van der Waals surface area contributed by atoms with Gasteiger partial charge < -0.3 is 15.2 Å². The quantitative estimate of drug-likeness (QED) is 0.656. The van der Waals surface area contributed by atoms with Gasteiger partial charge in [-0.15, -0.1) is 0 Å². The van der Waals surface area contributed by atoms with Gasteiger partial charge in [0.15, 0.2) is 0 Å². The van der Waals surface area contributed by atoms with E-state index in [2.05, 4.69) is 17.2 Å². The van der Waals surface area contributed by atoms with Crippen molar-refractivity contribution in [2.24, 2.45) is 0 Å². The smallest absolute Gasteiger partial charge is 0.407 e. The summed E-state index contributed by atoms with van der Waals surface area (Å²) in [6.07, 6.45) is 0.103. The van der Waals surface area contributed by atoms with E-state index in [1.165, 1.54) is 0 Å². The highest BCUT2D eigenvalue weighted by Gasteiger charge is 2.01. The van der Waals surface area contributed by atoms with Crippen molar-refractivity contribution in [3.05, 3.63) is 70.8 Å². The van der Waals surface area contributed by atoms with Crippen molar-refractivity contribution in [3.8, 4) is 11.8 Å². The van der Waals surface area contributed by atoms with E-state index >= 15 is 0 Å². The number of rotatable bonds is 5. The zero-order valence-corrected chi connectivity index (χ0v) is 13.7. The molecule has 0 aliphatic carbocycles. The fraction of sp³-hybridized carbons (Fsp3) is 0.250. The minimum absolute atomic E-state index is 0.0313. The maximum absolute atomic E-state index is 11.6. The second kappa shape index (κ2) is 9.39. The molecule has 2 N–H and O–H groups in total. The summed E-state index contributed by atoms with van der Waals surface area (Å²) in [4.78, 5) is 11.6. The Morgan fingerprint density at radius 2 is 1.96 bits per heavy atom. The van der Waals surface area contributed by atoms with Crippen LogP contribution in [0.25, 0.3) is 0 Å². The number of benzene rings is 2. The van der Waals surface area contributed by atoms with Crippen LogP contribution >= 0.6 is 0 Å². The Balaban J connectivity index is 1.70. The molecule has 24 heavy (non-hydrogen) atoms. The minimum atomic E-state index is -0.441. The molecule has 0 heterocycles. The second-order valence-corrected chi connectivity index (χ2v) is 5.35. The number of hydrogen-bond donors (Lipinski definition) is 2. The van der Waals surface area contributed by atoms with Crippen molar-refractivity contribution in [1.29, 1.82) is 0 Å². The SMILES string of the molecule is Cc1cc(CO)ccc1C#CCCNC(=O)OCc1ccccc1. The first kappa shape index (κ1) is 17.6. The van der Waals surface area contributed by atoms with Crippen LogP contribution in [0.15, 0.2) is 48.5 Å². The van der Waals surface area contributed by atoms with Gasteiger partial charge in [0.2, 0.25) is 0 Å². The molecule has 0 bridgehead atoms. The van der Waals surface area contributed by atoms with Crippen LogP contribution in [-0.4, -0.2) is 17.7 Å². The number of aryl methyl sites for hydroxylation is 1. The van der Waals surface area contributed by atoms with Crippen molar-refractivity contribution in [3.63, 3.8) is 0 Å². The molecule has 2 aromatic carbocycles. The molecule has 0 radical (unpaired) electrons. The molecule has 2 rings (SSSR count). The molecule has 0 unspecified atom stereocenters. The predicted molar refractivity (Wildman–Crippen MR) is 93.2 cm³/mol. The summed E-state index contributed by atoms with van der Waals surface area (Å²) in [6, 6.07) is 15.2. The molecule has 0 aromatic heterocycles. The molecule has 4 nitrogen and oxygen atoms in total. The van der Waals surface area contributed by atoms with Crippen molar-refractivity contribution in [2.45, 2.75) is 26.6 Å². The molecule has 0 aliphatic rings. The van der Waals surface area contributed by atoms with E-state index in [4.69, 9.17) is 9.84 Å². The van der Waals surface area contributed by atoms with E-state index in [1.54, 1.807) is 0 Å². The van der Waals surface area contributed by atoms with E-state index in [0.29, 0.717) is 13.0 Å². The molecule has 1 amide bonds. The summed E-state index contributed by atoms with van der Waals surface area (Å²) in [7, 11) is 0. The van der Waals surface area contributed by atoms with Gasteiger partial charge in [0, 0.05) is 18.5 Å². The largest absolute Gasteiger partial charge is 0.445 e. The number of ether oxygens (including phenoxy) is 1. The Labute approximate surface area is 142 Å². The number of nitrogens with one attached hydrogen (secondary N) is 1. The van der Waals surface area contributed by atoms with Gasteiger partial charge in [-0.05, 0) is 29.7 Å². The third kappa shape index (κ3) is 5.79. The number of aliphatic hydroxyl groups is 1. The van der Waals surface area contributed by atoms with Crippen LogP contribution in [0.4, 0.5) is 4.79 Å². The standard InChI is InChI=1S/C20H21NO3/c1-16-13-18(14-22)10-11-19(16)9-5-6-12-21-20(23)24-15-17-7-3-2-4-8-17/h2-4,7-8,10-11,13,22H,6,12,14-15H2,1H3,(H,21,23). The molecular weight excluding hydrogens is 302 g/mol. The Hall–Kier alpha value is -2.77. The van der Waals surface area contributed by atoms with Crippen molar-refractivity contribution in [1.82, 2.24) is 5.32 Å². The van der Waals surface area contributed by atoms with Gasteiger partial charge >= 0.3 is 6.09 Å². The number of hydrogen-bond acceptors (Lipinski definition) is 3. The van der Waals surface area contributed by atoms with Gasteiger partial charge in [0.25, 0.3) is 0 Å². The van der Waals surface area contributed by atoms with Gasteiger partial charge in [-0.3, -0.25) is 0 Å². The van der Waals surface area contributed by atoms with Gasteiger partial charge in [0.1, 0.15) is 6.61 Å². The lowest BCUT2D eigenvalue weighted by Crippen LogP contribution is -2.24. The number of alkyl carbamates (subject to hydrolysis) is 1. The Kier molecular flexibility index (Phi) is 6.88. The average Bonchev–Trinajstić information content (AvgIpc) is 2.61. The molecule has 0 atom stereocenters. The third-order valence-electron chi connectivity index (χ3n) is 3.43. The van der Waals surface area contributed by atoms with Crippen molar-refractivity contribution in [2.75, 3.05) is 6.54 Å². The van der Waals surface area contributed by atoms with Crippen LogP contribution in [0.5, 0.6) is 0 Å². The first-order valence-corrected chi connectivity index (χ1v) is 7.83. The zero-order valence-electron chi connectivity index (χ0n) is 13.7. The predicted octanol–water partition coefficient (Wildman–Crippen LogP) is 3.16. The maximum Gasteiger partial charge on any atom is 0.407 e. The molecule has 124 valence electrons. The first-order chi connectivity index (χ1) is 11.7. The van der Waals surface area contributed by atoms with Gasteiger partial charge in [-0.2, -0.15) is 0 Å². The molecule has 0 saturated carbocycles. The molecule has 0 saturated heterocycles. The molecule has 0 fully saturated rings. The zero-order chi connectivity index (χ0) is 17.2. The van der Waals surface area contributed by atoms with Crippen LogP contribution in [0.1, 0.15) is 28.7 Å². The number of aliphatic hydroxyl groups excluding tert-OH is 1. The van der Waals surface area contributed by atoms with Crippen LogP contribution in [0, 0.1) is 18.8 Å². The van der Waals surface area contributed by atoms with E-state index < -0.39 is 6.09 Å². The number of carbonyl (C=O) groups is 1. The van der Waals surface area contributed by atoms with Crippen molar-refractivity contribution < 1.29 is 14.6 Å². The van der Waals surface area contributed by atoms with Crippen LogP contribution in [0.2, 0.25) is 0 Å². The van der Waals surface area contributed by atoms with E-state index in [0.717, 1.165) is 22.3 Å². The monoisotopic (exact) mass is 323 g/mol. The van der Waals surface area contributed by atoms with E-state index in [1.807, 2.05) is 55.5 Å². The summed E-state index contributed by atoms with van der Waals surface area (Å²) in [5.74, 6) is 6.10. The lowest BCUT2D eigenvalue weighted by Gasteiger charge is -2.05. The lowest BCUT2D eigenvalue weighted by molar-refractivity contribution is 0.140. The minimum Gasteiger partial charge on any atom is -0.445 e. The van der Waals surface area contributed by atoms with Crippen LogP contribution in [-0.2, 0) is 18.0 Å². The van der Waals surface area contributed by atoms with Crippen LogP contribution in [0.3, 0.4) is 0 Å². The molecular formula is C20H21NO3. The molecule has 0 aliphatic heterocycles. The highest BCUT2D eigenvalue weighted by Crippen LogP contribution is 2.09. The topological polar surface area (TPSA) is 58.6 Å². The normalized spacial score (nSPS) is 9.75. The average molecular weight is 323 g/mol. The van der Waals surface area contributed by atoms with Gasteiger partial charge in [-0.25, -0.2) is 4.79 Å². The van der Waals surface area contributed by atoms with Gasteiger partial charge in [0.05, 0.1) is 6.61 Å². The molecule has 4 heteroatoms. The fourth-order valence-electron chi connectivity index (χ4n) is 2.12. The molecule has 2 aromatic rings. The van der Waals surface area contributed by atoms with E-state index in [-0.39, 0.29) is 13.2 Å². The maximum atomic E-state index is 11.6. The summed E-state index contributed by atoms with van der Waals surface area (Å²) >= 11 is 0. The Bertz CT molecular complexity index is 730. The first-order valence-electron chi connectivity index (χ1n) is 7.83. The second-order valence-electron chi connectivity index (χ2n) is 5.35. The Morgan fingerprint density at radius 1 is 1.17 bits per heavy atom. The number of carbonyl (C=O) groups excluding carboxylic acids is 1. The van der Waals surface area contributed by atoms with Crippen LogP contribution < -0.4 is 5.32 Å². The summed E-state index contributed by atoms with van der Waals surface area (Å²) < 4.78 is 5.12. The summed E-state index contributed by atoms with van der Waals surface area (Å²) in [5.41, 5.74) is 3.79. The molecule has 0 spiro atoms. The van der Waals surface area contributed by atoms with E-state index in [9.17, 15) is 4.79 Å².